The van der Waals surface area contributed by atoms with Crippen molar-refractivity contribution < 1.29 is 9.59 Å². The Bertz CT molecular complexity index is 557. The van der Waals surface area contributed by atoms with Crippen LogP contribution in [0.25, 0.3) is 0 Å². The van der Waals surface area contributed by atoms with E-state index in [1.807, 2.05) is 24.3 Å². The van der Waals surface area contributed by atoms with E-state index in [4.69, 9.17) is 5.73 Å². The number of carbonyl (C=O) groups is 2. The molecule has 1 aliphatic heterocycles. The number of aryl methyl sites for hydroxylation is 1. The number of hydrogen-bond acceptors (Lipinski definition) is 3. The Labute approximate surface area is 138 Å². The highest BCUT2D eigenvalue weighted by molar-refractivity contribution is 5.97. The average Bonchev–Trinajstić information content (AvgIpc) is 2.52. The fourth-order valence-electron chi connectivity index (χ4n) is 3.04. The minimum absolute atomic E-state index is 0.00634. The molecule has 0 spiro atoms. The second kappa shape index (κ2) is 8.11. The molecule has 23 heavy (non-hydrogen) atoms. The van der Waals surface area contributed by atoms with Gasteiger partial charge in [-0.2, -0.15) is 0 Å². The van der Waals surface area contributed by atoms with Gasteiger partial charge < -0.3 is 16.0 Å². The molecule has 1 atom stereocenters. The molecule has 0 bridgehead atoms. The molecule has 126 valence electrons. The SMILES string of the molecule is CC(C)CC(CN)NC(=O)CCN1C(=O)CCc2ccccc21. The fourth-order valence-corrected chi connectivity index (χ4v) is 3.04. The molecule has 0 fully saturated rings. The van der Waals surface area contributed by atoms with Gasteiger partial charge in [0.1, 0.15) is 0 Å². The first-order chi connectivity index (χ1) is 11.0. The molecule has 0 aliphatic carbocycles. The topological polar surface area (TPSA) is 75.4 Å². The first kappa shape index (κ1) is 17.5. The van der Waals surface area contributed by atoms with Gasteiger partial charge in [0, 0.05) is 37.7 Å². The summed E-state index contributed by atoms with van der Waals surface area (Å²) in [6.45, 7) is 5.08. The zero-order valence-electron chi connectivity index (χ0n) is 14.0. The third-order valence-corrected chi connectivity index (χ3v) is 4.16. The van der Waals surface area contributed by atoms with Gasteiger partial charge >= 0.3 is 0 Å². The monoisotopic (exact) mass is 317 g/mol. The highest BCUT2D eigenvalue weighted by Crippen LogP contribution is 2.27. The first-order valence-corrected chi connectivity index (χ1v) is 8.39. The number of nitrogens with two attached hydrogens (primary N) is 1. The van der Waals surface area contributed by atoms with Crippen LogP contribution in [0.3, 0.4) is 0 Å². The summed E-state index contributed by atoms with van der Waals surface area (Å²) < 4.78 is 0. The summed E-state index contributed by atoms with van der Waals surface area (Å²) >= 11 is 0. The first-order valence-electron chi connectivity index (χ1n) is 8.39. The standard InChI is InChI=1S/C18H27N3O2/c1-13(2)11-15(12-19)20-17(22)9-10-21-16-6-4-3-5-14(16)7-8-18(21)23/h3-6,13,15H,7-12,19H2,1-2H3,(H,20,22). The molecule has 1 aromatic rings. The molecule has 0 saturated carbocycles. The number of benzene rings is 1. The summed E-state index contributed by atoms with van der Waals surface area (Å²) in [6.07, 6.45) is 2.46. The van der Waals surface area contributed by atoms with Gasteiger partial charge in [0.2, 0.25) is 11.8 Å². The van der Waals surface area contributed by atoms with E-state index < -0.39 is 0 Å². The lowest BCUT2D eigenvalue weighted by Gasteiger charge is -2.29. The van der Waals surface area contributed by atoms with Gasteiger partial charge in [-0.05, 0) is 30.4 Å². The molecule has 3 N–H and O–H groups in total. The lowest BCUT2D eigenvalue weighted by atomic mass is 10.0. The molecule has 1 unspecified atom stereocenters. The van der Waals surface area contributed by atoms with E-state index in [0.29, 0.717) is 31.8 Å². The third-order valence-electron chi connectivity index (χ3n) is 4.16. The van der Waals surface area contributed by atoms with Crippen molar-refractivity contribution in [2.24, 2.45) is 11.7 Å². The second-order valence-corrected chi connectivity index (χ2v) is 6.55. The van der Waals surface area contributed by atoms with Gasteiger partial charge in [0.25, 0.3) is 0 Å². The maximum absolute atomic E-state index is 12.2. The van der Waals surface area contributed by atoms with Gasteiger partial charge in [-0.15, -0.1) is 0 Å². The smallest absolute Gasteiger partial charge is 0.227 e. The van der Waals surface area contributed by atoms with Gasteiger partial charge in [0.15, 0.2) is 0 Å². The number of amides is 2. The number of anilines is 1. The largest absolute Gasteiger partial charge is 0.352 e. The van der Waals surface area contributed by atoms with Crippen molar-refractivity contribution in [2.75, 3.05) is 18.0 Å². The predicted octanol–water partition coefficient (Wildman–Crippen LogP) is 1.85. The normalized spacial score (nSPS) is 15.5. The number of nitrogens with one attached hydrogen (secondary N) is 1. The van der Waals surface area contributed by atoms with Crippen LogP contribution < -0.4 is 16.0 Å². The van der Waals surface area contributed by atoms with E-state index in [0.717, 1.165) is 18.5 Å². The lowest BCUT2D eigenvalue weighted by Crippen LogP contribution is -2.43. The van der Waals surface area contributed by atoms with Crippen LogP contribution in [-0.4, -0.2) is 30.9 Å². The quantitative estimate of drug-likeness (QED) is 0.806. The zero-order valence-corrected chi connectivity index (χ0v) is 14.0. The Balaban J connectivity index is 1.92. The Morgan fingerprint density at radius 3 is 2.74 bits per heavy atom. The molecule has 1 aliphatic rings. The van der Waals surface area contributed by atoms with Crippen LogP contribution in [0.15, 0.2) is 24.3 Å². The molecule has 1 aromatic carbocycles. The van der Waals surface area contributed by atoms with Crippen LogP contribution in [-0.2, 0) is 16.0 Å². The van der Waals surface area contributed by atoms with E-state index in [2.05, 4.69) is 19.2 Å². The Morgan fingerprint density at radius 2 is 2.04 bits per heavy atom. The van der Waals surface area contributed by atoms with Crippen molar-refractivity contribution in [3.8, 4) is 0 Å². The van der Waals surface area contributed by atoms with E-state index >= 15 is 0 Å². The van der Waals surface area contributed by atoms with Gasteiger partial charge in [0.05, 0.1) is 0 Å². The molecule has 1 heterocycles. The second-order valence-electron chi connectivity index (χ2n) is 6.55. The summed E-state index contributed by atoms with van der Waals surface area (Å²) in [5, 5.41) is 2.97. The third kappa shape index (κ3) is 4.79. The summed E-state index contributed by atoms with van der Waals surface area (Å²) in [5.74, 6) is 0.533. The van der Waals surface area contributed by atoms with Crippen LogP contribution >= 0.6 is 0 Å². The van der Waals surface area contributed by atoms with Crippen molar-refractivity contribution in [1.29, 1.82) is 0 Å². The van der Waals surface area contributed by atoms with Crippen LogP contribution in [0.5, 0.6) is 0 Å². The molecule has 2 rings (SSSR count). The number of nitrogens with zero attached hydrogens (tertiary/aromatic N) is 1. The average molecular weight is 317 g/mol. The van der Waals surface area contributed by atoms with Crippen LogP contribution in [0.1, 0.15) is 38.7 Å². The number of carbonyl (C=O) groups excluding carboxylic acids is 2. The van der Waals surface area contributed by atoms with Crippen molar-refractivity contribution >= 4 is 17.5 Å². The summed E-state index contributed by atoms with van der Waals surface area (Å²) in [7, 11) is 0. The predicted molar refractivity (Wildman–Crippen MR) is 92.2 cm³/mol. The number of rotatable bonds is 7. The maximum Gasteiger partial charge on any atom is 0.227 e. The summed E-state index contributed by atoms with van der Waals surface area (Å²) in [4.78, 5) is 26.1. The van der Waals surface area contributed by atoms with Crippen LogP contribution in [0.4, 0.5) is 5.69 Å². The highest BCUT2D eigenvalue weighted by Gasteiger charge is 2.24. The number of fused-ring (bicyclic) bond motifs is 1. The van der Waals surface area contributed by atoms with Gasteiger partial charge in [-0.1, -0.05) is 32.0 Å². The molecule has 0 radical (unpaired) electrons. The fraction of sp³-hybridized carbons (Fsp3) is 0.556. The van der Waals surface area contributed by atoms with Crippen molar-refractivity contribution in [2.45, 2.75) is 45.6 Å². The Hall–Kier alpha value is -1.88. The van der Waals surface area contributed by atoms with Crippen molar-refractivity contribution in [1.82, 2.24) is 5.32 Å². The maximum atomic E-state index is 12.2. The number of para-hydroxylation sites is 1. The van der Waals surface area contributed by atoms with E-state index in [1.165, 1.54) is 5.56 Å². The van der Waals surface area contributed by atoms with Crippen molar-refractivity contribution in [3.05, 3.63) is 29.8 Å². The zero-order chi connectivity index (χ0) is 16.8. The Morgan fingerprint density at radius 1 is 1.30 bits per heavy atom. The van der Waals surface area contributed by atoms with E-state index in [-0.39, 0.29) is 17.9 Å². The molecular weight excluding hydrogens is 290 g/mol. The molecule has 5 nitrogen and oxygen atoms in total. The molecular formula is C18H27N3O2. The highest BCUT2D eigenvalue weighted by atomic mass is 16.2. The molecule has 0 saturated heterocycles. The molecule has 2 amide bonds. The number of hydrogen-bond donors (Lipinski definition) is 2. The molecule has 5 heteroatoms. The van der Waals surface area contributed by atoms with Gasteiger partial charge in [-0.25, -0.2) is 0 Å². The van der Waals surface area contributed by atoms with Crippen LogP contribution in [0.2, 0.25) is 0 Å². The van der Waals surface area contributed by atoms with Crippen molar-refractivity contribution in [3.63, 3.8) is 0 Å². The summed E-state index contributed by atoms with van der Waals surface area (Å²) in [6, 6.07) is 7.91. The van der Waals surface area contributed by atoms with Gasteiger partial charge in [-0.3, -0.25) is 9.59 Å². The lowest BCUT2D eigenvalue weighted by molar-refractivity contribution is -0.121. The van der Waals surface area contributed by atoms with Crippen LogP contribution in [0, 0.1) is 5.92 Å². The Kier molecular flexibility index (Phi) is 6.16. The van der Waals surface area contributed by atoms with E-state index in [9.17, 15) is 9.59 Å². The minimum atomic E-state index is -0.0445. The summed E-state index contributed by atoms with van der Waals surface area (Å²) in [5.41, 5.74) is 7.83. The minimum Gasteiger partial charge on any atom is -0.352 e. The van der Waals surface area contributed by atoms with E-state index in [1.54, 1.807) is 4.90 Å². The molecule has 0 aromatic heterocycles.